The van der Waals surface area contributed by atoms with Gasteiger partial charge in [-0.05, 0) is 49.1 Å². The first-order valence-electron chi connectivity index (χ1n) is 11.4. The summed E-state index contributed by atoms with van der Waals surface area (Å²) in [4.78, 5) is 30.7. The van der Waals surface area contributed by atoms with E-state index in [1.54, 1.807) is 36.4 Å². The van der Waals surface area contributed by atoms with E-state index in [0.29, 0.717) is 40.7 Å². The zero-order chi connectivity index (χ0) is 24.8. The molecular weight excluding hydrogens is 461 g/mol. The van der Waals surface area contributed by atoms with Crippen LogP contribution in [0.4, 0.5) is 0 Å². The molecule has 0 aliphatic carbocycles. The molecule has 0 fully saturated rings. The molecular formula is C24H32NO8P. The third-order valence-corrected chi connectivity index (χ3v) is 6.19. The van der Waals surface area contributed by atoms with Gasteiger partial charge in [0.2, 0.25) is 5.43 Å². The number of aryl methyl sites for hydroxylation is 1. The summed E-state index contributed by atoms with van der Waals surface area (Å²) in [6.07, 6.45) is 4.97. The van der Waals surface area contributed by atoms with Crippen LogP contribution in [0.1, 0.15) is 44.6 Å². The van der Waals surface area contributed by atoms with Gasteiger partial charge in [-0.25, -0.2) is 4.57 Å². The average Bonchev–Trinajstić information content (AvgIpc) is 2.81. The van der Waals surface area contributed by atoms with Gasteiger partial charge in [0.15, 0.2) is 0 Å². The highest BCUT2D eigenvalue weighted by Gasteiger charge is 2.28. The summed E-state index contributed by atoms with van der Waals surface area (Å²) < 4.78 is 27.3. The van der Waals surface area contributed by atoms with Crippen LogP contribution in [-0.2, 0) is 15.5 Å². The Morgan fingerprint density at radius 3 is 2.44 bits per heavy atom. The SMILES string of the molecule is CCCCCCOc1ccc2c(=O)c3ccc(CCC(N)(CO)COP(=O)(O)O)cc3oc2c1. The maximum atomic E-state index is 12.9. The Kier molecular flexibility index (Phi) is 8.87. The Morgan fingerprint density at radius 1 is 1.06 bits per heavy atom. The Hall–Kier alpha value is -2.26. The lowest BCUT2D eigenvalue weighted by Gasteiger charge is -2.27. The Bertz CT molecular complexity index is 1220. The van der Waals surface area contributed by atoms with Gasteiger partial charge in [-0.1, -0.05) is 32.3 Å². The number of nitrogens with two attached hydrogens (primary N) is 1. The van der Waals surface area contributed by atoms with Crippen LogP contribution in [-0.4, -0.2) is 40.3 Å². The number of hydrogen-bond acceptors (Lipinski definition) is 7. The molecule has 0 amide bonds. The van der Waals surface area contributed by atoms with Crippen molar-refractivity contribution in [3.05, 3.63) is 52.2 Å². The first-order valence-corrected chi connectivity index (χ1v) is 12.9. The number of phosphoric ester groups is 1. The number of hydrogen-bond donors (Lipinski definition) is 4. The van der Waals surface area contributed by atoms with Crippen molar-refractivity contribution >= 4 is 29.8 Å². The second kappa shape index (κ2) is 11.4. The van der Waals surface area contributed by atoms with Gasteiger partial charge in [-0.15, -0.1) is 0 Å². The van der Waals surface area contributed by atoms with Crippen LogP contribution in [0, 0.1) is 0 Å². The fraction of sp³-hybridized carbons (Fsp3) is 0.458. The van der Waals surface area contributed by atoms with E-state index in [2.05, 4.69) is 11.4 Å². The number of aliphatic hydroxyl groups excluding tert-OH is 1. The second-order valence-electron chi connectivity index (χ2n) is 8.61. The monoisotopic (exact) mass is 493 g/mol. The molecule has 1 atom stereocenters. The molecule has 0 saturated carbocycles. The third kappa shape index (κ3) is 7.12. The van der Waals surface area contributed by atoms with Crippen molar-refractivity contribution in [2.45, 2.75) is 51.0 Å². The summed E-state index contributed by atoms with van der Waals surface area (Å²) in [6.45, 7) is 1.75. The predicted octanol–water partition coefficient (Wildman–Crippen LogP) is 3.64. The molecule has 1 unspecified atom stereocenters. The van der Waals surface area contributed by atoms with Crippen molar-refractivity contribution in [3.8, 4) is 5.75 Å². The van der Waals surface area contributed by atoms with Gasteiger partial charge in [0, 0.05) is 6.07 Å². The number of ether oxygens (including phenoxy) is 1. The maximum absolute atomic E-state index is 12.9. The Morgan fingerprint density at radius 2 is 1.76 bits per heavy atom. The summed E-state index contributed by atoms with van der Waals surface area (Å²) in [6, 6.07) is 10.4. The van der Waals surface area contributed by atoms with Crippen molar-refractivity contribution in [1.82, 2.24) is 0 Å². The quantitative estimate of drug-likeness (QED) is 0.159. The Labute approximate surface area is 197 Å². The molecule has 0 radical (unpaired) electrons. The molecule has 0 aliphatic rings. The van der Waals surface area contributed by atoms with E-state index < -0.39 is 26.6 Å². The minimum absolute atomic E-state index is 0.143. The van der Waals surface area contributed by atoms with E-state index in [9.17, 15) is 14.5 Å². The van der Waals surface area contributed by atoms with E-state index in [0.717, 1.165) is 24.8 Å². The van der Waals surface area contributed by atoms with E-state index in [4.69, 9.17) is 24.7 Å². The van der Waals surface area contributed by atoms with Gasteiger partial charge in [0.25, 0.3) is 0 Å². The zero-order valence-corrected chi connectivity index (χ0v) is 20.1. The topological polar surface area (TPSA) is 152 Å². The highest BCUT2D eigenvalue weighted by molar-refractivity contribution is 7.46. The van der Waals surface area contributed by atoms with Crippen molar-refractivity contribution in [1.29, 1.82) is 0 Å². The smallest absolute Gasteiger partial charge is 0.469 e. The van der Waals surface area contributed by atoms with Crippen molar-refractivity contribution in [3.63, 3.8) is 0 Å². The number of phosphoric acid groups is 1. The fourth-order valence-corrected chi connectivity index (χ4v) is 4.07. The molecule has 0 spiro atoms. The number of aliphatic hydroxyl groups is 1. The lowest BCUT2D eigenvalue weighted by molar-refractivity contribution is 0.102. The van der Waals surface area contributed by atoms with E-state index in [1.165, 1.54) is 6.42 Å². The van der Waals surface area contributed by atoms with Crippen molar-refractivity contribution in [2.75, 3.05) is 19.8 Å². The standard InChI is InChI=1S/C24H32NO8P/c1-2-3-4-5-12-31-18-7-9-20-22(14-18)33-21-13-17(6-8-19(21)23(20)27)10-11-24(25,15-26)16-32-34(28,29)30/h6-9,13-14,26H,2-5,10-12,15-16,25H2,1H3,(H2,28,29,30). The van der Waals surface area contributed by atoms with E-state index >= 15 is 0 Å². The highest BCUT2D eigenvalue weighted by atomic mass is 31.2. The molecule has 186 valence electrons. The summed E-state index contributed by atoms with van der Waals surface area (Å²) in [5.74, 6) is 0.642. The molecule has 0 aliphatic heterocycles. The van der Waals surface area contributed by atoms with E-state index in [-0.39, 0.29) is 11.8 Å². The molecule has 2 aromatic carbocycles. The maximum Gasteiger partial charge on any atom is 0.469 e. The molecule has 10 heteroatoms. The normalized spacial score (nSPS) is 13.9. The van der Waals surface area contributed by atoms with Gasteiger partial charge in [0.1, 0.15) is 16.9 Å². The van der Waals surface area contributed by atoms with Crippen LogP contribution in [0.15, 0.2) is 45.6 Å². The number of rotatable bonds is 13. The minimum atomic E-state index is -4.70. The Balaban J connectivity index is 1.78. The lowest BCUT2D eigenvalue weighted by atomic mass is 9.93. The molecule has 1 heterocycles. The summed E-state index contributed by atoms with van der Waals surface area (Å²) in [7, 11) is -4.70. The van der Waals surface area contributed by atoms with E-state index in [1.807, 2.05) is 0 Å². The fourth-order valence-electron chi connectivity index (χ4n) is 3.64. The van der Waals surface area contributed by atoms with Gasteiger partial charge in [-0.2, -0.15) is 0 Å². The van der Waals surface area contributed by atoms with Crippen LogP contribution in [0.2, 0.25) is 0 Å². The second-order valence-corrected chi connectivity index (χ2v) is 9.85. The van der Waals surface area contributed by atoms with Gasteiger partial charge < -0.3 is 29.8 Å². The van der Waals surface area contributed by atoms with Crippen molar-refractivity contribution < 1.29 is 33.1 Å². The largest absolute Gasteiger partial charge is 0.493 e. The highest BCUT2D eigenvalue weighted by Crippen LogP contribution is 2.37. The molecule has 3 rings (SSSR count). The zero-order valence-electron chi connectivity index (χ0n) is 19.2. The van der Waals surface area contributed by atoms with Crippen LogP contribution in [0.25, 0.3) is 21.9 Å². The van der Waals surface area contributed by atoms with Crippen LogP contribution in [0.3, 0.4) is 0 Å². The predicted molar refractivity (Wildman–Crippen MR) is 130 cm³/mol. The molecule has 3 aromatic rings. The molecule has 1 aromatic heterocycles. The van der Waals surface area contributed by atoms with Gasteiger partial charge in [0.05, 0.1) is 36.1 Å². The van der Waals surface area contributed by atoms with Crippen molar-refractivity contribution in [2.24, 2.45) is 5.73 Å². The number of unbranched alkanes of at least 4 members (excludes halogenated alkanes) is 3. The molecule has 0 bridgehead atoms. The van der Waals surface area contributed by atoms with Gasteiger partial charge in [-0.3, -0.25) is 9.32 Å². The third-order valence-electron chi connectivity index (χ3n) is 5.72. The minimum Gasteiger partial charge on any atom is -0.493 e. The number of benzene rings is 2. The summed E-state index contributed by atoms with van der Waals surface area (Å²) in [5.41, 5.74) is 6.20. The van der Waals surface area contributed by atoms with Crippen LogP contribution >= 0.6 is 7.82 Å². The van der Waals surface area contributed by atoms with Crippen LogP contribution in [0.5, 0.6) is 5.75 Å². The molecule has 9 nitrogen and oxygen atoms in total. The lowest BCUT2D eigenvalue weighted by Crippen LogP contribution is -2.48. The van der Waals surface area contributed by atoms with Crippen LogP contribution < -0.4 is 15.9 Å². The number of fused-ring (bicyclic) bond motifs is 2. The van der Waals surface area contributed by atoms with Gasteiger partial charge >= 0.3 is 7.82 Å². The first-order chi connectivity index (χ1) is 16.1. The first kappa shape index (κ1) is 26.3. The average molecular weight is 493 g/mol. The molecule has 0 saturated heterocycles. The molecule has 34 heavy (non-hydrogen) atoms. The summed E-state index contributed by atoms with van der Waals surface area (Å²) in [5, 5.41) is 10.5. The summed E-state index contributed by atoms with van der Waals surface area (Å²) >= 11 is 0. The molecule has 5 N–H and O–H groups in total.